The molecule has 1 aromatic heterocycles. The number of carbonyl (C=O) groups excluding carboxylic acids is 2. The number of aryl methyl sites for hydroxylation is 1. The van der Waals surface area contributed by atoms with E-state index >= 15 is 0 Å². The van der Waals surface area contributed by atoms with Gasteiger partial charge < -0.3 is 19.1 Å². The summed E-state index contributed by atoms with van der Waals surface area (Å²) in [6, 6.07) is 0. The monoisotopic (exact) mass is 431 g/mol. The van der Waals surface area contributed by atoms with Crippen molar-refractivity contribution < 1.29 is 14.3 Å². The van der Waals surface area contributed by atoms with E-state index in [2.05, 4.69) is 22.3 Å². The molecule has 9 heteroatoms. The lowest BCUT2D eigenvalue weighted by atomic mass is 9.87. The van der Waals surface area contributed by atoms with Crippen molar-refractivity contribution in [3.63, 3.8) is 0 Å². The van der Waals surface area contributed by atoms with E-state index in [1.807, 2.05) is 21.4 Å². The van der Waals surface area contributed by atoms with Crippen LogP contribution in [-0.4, -0.2) is 80.5 Å². The molecule has 0 aromatic carbocycles. The molecule has 3 fully saturated rings. The molecule has 2 saturated heterocycles. The van der Waals surface area contributed by atoms with Gasteiger partial charge in [0.1, 0.15) is 6.33 Å². The lowest BCUT2D eigenvalue weighted by molar-refractivity contribution is -0.165. The molecule has 2 bridgehead atoms. The molecule has 1 spiro atoms. The maximum Gasteiger partial charge on any atom is 0.233 e. The van der Waals surface area contributed by atoms with Crippen LogP contribution in [0, 0.1) is 17.8 Å². The van der Waals surface area contributed by atoms with Gasteiger partial charge in [0.05, 0.1) is 18.0 Å². The molecule has 4 aliphatic rings. The maximum atomic E-state index is 13.2. The van der Waals surface area contributed by atoms with Crippen LogP contribution >= 0.6 is 11.8 Å². The van der Waals surface area contributed by atoms with E-state index in [0.29, 0.717) is 56.3 Å². The second-order valence-corrected chi connectivity index (χ2v) is 10.0. The van der Waals surface area contributed by atoms with Gasteiger partial charge in [0, 0.05) is 39.1 Å². The maximum absolute atomic E-state index is 13.2. The van der Waals surface area contributed by atoms with Crippen molar-refractivity contribution in [1.82, 2.24) is 24.6 Å². The van der Waals surface area contributed by atoms with Gasteiger partial charge in [0.2, 0.25) is 11.8 Å². The highest BCUT2D eigenvalue weighted by Gasteiger charge is 2.46. The van der Waals surface area contributed by atoms with Gasteiger partial charge in [-0.3, -0.25) is 9.59 Å². The van der Waals surface area contributed by atoms with Crippen LogP contribution in [0.3, 0.4) is 0 Å². The minimum absolute atomic E-state index is 0.121. The first kappa shape index (κ1) is 20.1. The Morgan fingerprint density at radius 1 is 1.20 bits per heavy atom. The summed E-state index contributed by atoms with van der Waals surface area (Å²) in [5.41, 5.74) is -0.297. The summed E-state index contributed by atoms with van der Waals surface area (Å²) < 4.78 is 8.02. The zero-order valence-electron chi connectivity index (χ0n) is 17.4. The number of rotatable bonds is 4. The van der Waals surface area contributed by atoms with Gasteiger partial charge in [0.25, 0.3) is 0 Å². The lowest BCUT2D eigenvalue weighted by Gasteiger charge is -2.48. The number of amides is 2. The van der Waals surface area contributed by atoms with Gasteiger partial charge in [0.15, 0.2) is 5.16 Å². The molecule has 0 unspecified atom stereocenters. The molecule has 8 nitrogen and oxygen atoms in total. The molecular formula is C21H29N5O3S. The Bertz CT molecular complexity index is 847. The largest absolute Gasteiger partial charge is 0.371 e. The normalized spacial score (nSPS) is 29.7. The fourth-order valence-electron chi connectivity index (χ4n) is 5.42. The highest BCUT2D eigenvalue weighted by Crippen LogP contribution is 2.44. The highest BCUT2D eigenvalue weighted by atomic mass is 32.2. The van der Waals surface area contributed by atoms with Crippen molar-refractivity contribution in [1.29, 1.82) is 0 Å². The average molecular weight is 432 g/mol. The standard InChI is InChI=1S/C21H29N5O3S/c1-24-14-22-23-20(24)30-12-18(27)25-6-4-21(5-7-25)13-26(8-9-29-21)19(28)17-11-15-2-3-16(17)10-15/h2-3,14-17H,4-13H2,1H3/t15-,16+,17-/m1/s1. The van der Waals surface area contributed by atoms with Crippen LogP contribution in [0.1, 0.15) is 25.7 Å². The van der Waals surface area contributed by atoms with Crippen LogP contribution in [0.4, 0.5) is 0 Å². The number of nitrogens with zero attached hydrogens (tertiary/aromatic N) is 5. The number of fused-ring (bicyclic) bond motifs is 2. The number of likely N-dealkylation sites (tertiary alicyclic amines) is 1. The van der Waals surface area contributed by atoms with Crippen LogP contribution in [0.2, 0.25) is 0 Å². The molecule has 2 aliphatic carbocycles. The first-order valence-electron chi connectivity index (χ1n) is 10.9. The molecule has 3 atom stereocenters. The van der Waals surface area contributed by atoms with Crippen LogP contribution in [0.25, 0.3) is 0 Å². The fourth-order valence-corrected chi connectivity index (χ4v) is 6.21. The van der Waals surface area contributed by atoms with Gasteiger partial charge in [-0.1, -0.05) is 23.9 Å². The van der Waals surface area contributed by atoms with Crippen molar-refractivity contribution >= 4 is 23.6 Å². The lowest BCUT2D eigenvalue weighted by Crippen LogP contribution is -2.59. The molecule has 1 aromatic rings. The fraction of sp³-hybridized carbons (Fsp3) is 0.714. The molecule has 2 aliphatic heterocycles. The smallest absolute Gasteiger partial charge is 0.233 e. The molecule has 3 heterocycles. The Labute approximate surface area is 181 Å². The second kappa shape index (κ2) is 8.00. The summed E-state index contributed by atoms with van der Waals surface area (Å²) in [5, 5.41) is 8.61. The van der Waals surface area contributed by atoms with Crippen molar-refractivity contribution in [3.8, 4) is 0 Å². The summed E-state index contributed by atoms with van der Waals surface area (Å²) in [5.74, 6) is 2.00. The van der Waals surface area contributed by atoms with Gasteiger partial charge in [-0.2, -0.15) is 0 Å². The van der Waals surface area contributed by atoms with E-state index < -0.39 is 0 Å². The van der Waals surface area contributed by atoms with Crippen molar-refractivity contribution in [3.05, 3.63) is 18.5 Å². The third-order valence-corrected chi connectivity index (χ3v) is 8.20. The highest BCUT2D eigenvalue weighted by molar-refractivity contribution is 7.99. The van der Waals surface area contributed by atoms with Crippen molar-refractivity contribution in [2.45, 2.75) is 36.4 Å². The topological polar surface area (TPSA) is 80.6 Å². The Kier molecular flexibility index (Phi) is 5.35. The number of allylic oxidation sites excluding steroid dienone is 2. The zero-order chi connectivity index (χ0) is 20.7. The van der Waals surface area contributed by atoms with Crippen molar-refractivity contribution in [2.24, 2.45) is 24.8 Å². The Morgan fingerprint density at radius 2 is 2.03 bits per heavy atom. The molecule has 2 amide bonds. The Balaban J connectivity index is 1.14. The minimum atomic E-state index is -0.297. The van der Waals surface area contributed by atoms with E-state index in [9.17, 15) is 9.59 Å². The second-order valence-electron chi connectivity index (χ2n) is 9.07. The van der Waals surface area contributed by atoms with Gasteiger partial charge in [-0.25, -0.2) is 0 Å². The van der Waals surface area contributed by atoms with Gasteiger partial charge in [-0.15, -0.1) is 10.2 Å². The molecule has 162 valence electrons. The van der Waals surface area contributed by atoms with Crippen LogP contribution in [0.15, 0.2) is 23.6 Å². The summed E-state index contributed by atoms with van der Waals surface area (Å²) in [6.45, 7) is 3.31. The number of piperidine rings is 1. The molecule has 0 N–H and O–H groups in total. The summed E-state index contributed by atoms with van der Waals surface area (Å²) >= 11 is 1.42. The molecular weight excluding hydrogens is 402 g/mol. The van der Waals surface area contributed by atoms with Gasteiger partial charge in [-0.05, 0) is 37.5 Å². The first-order valence-corrected chi connectivity index (χ1v) is 11.9. The van der Waals surface area contributed by atoms with E-state index in [-0.39, 0.29) is 17.4 Å². The third kappa shape index (κ3) is 3.77. The van der Waals surface area contributed by atoms with Crippen LogP contribution in [0.5, 0.6) is 0 Å². The van der Waals surface area contributed by atoms with Crippen LogP contribution < -0.4 is 0 Å². The quantitative estimate of drug-likeness (QED) is 0.529. The minimum Gasteiger partial charge on any atom is -0.371 e. The van der Waals surface area contributed by atoms with E-state index in [4.69, 9.17) is 4.74 Å². The van der Waals surface area contributed by atoms with E-state index in [1.54, 1.807) is 6.33 Å². The molecule has 30 heavy (non-hydrogen) atoms. The number of hydrogen-bond donors (Lipinski definition) is 0. The van der Waals surface area contributed by atoms with E-state index in [0.717, 1.165) is 30.8 Å². The predicted molar refractivity (Wildman–Crippen MR) is 112 cm³/mol. The Morgan fingerprint density at radius 3 is 2.70 bits per heavy atom. The molecule has 5 rings (SSSR count). The average Bonchev–Trinajstić information content (AvgIpc) is 3.49. The SMILES string of the molecule is Cn1cnnc1SCC(=O)N1CCC2(CC1)CN(C(=O)[C@@H]1C[C@@H]3C=C[C@H]1C3)CCO2. The summed E-state index contributed by atoms with van der Waals surface area (Å²) in [4.78, 5) is 29.8. The summed E-state index contributed by atoms with van der Waals surface area (Å²) in [7, 11) is 1.87. The number of carbonyl (C=O) groups is 2. The molecule has 1 saturated carbocycles. The number of ether oxygens (including phenoxy) is 1. The van der Waals surface area contributed by atoms with Crippen molar-refractivity contribution in [2.75, 3.05) is 38.5 Å². The first-order chi connectivity index (χ1) is 14.5. The summed E-state index contributed by atoms with van der Waals surface area (Å²) in [6.07, 6.45) is 9.89. The van der Waals surface area contributed by atoms with Crippen LogP contribution in [-0.2, 0) is 21.4 Å². The number of hydrogen-bond acceptors (Lipinski definition) is 6. The van der Waals surface area contributed by atoms with E-state index in [1.165, 1.54) is 11.8 Å². The number of aromatic nitrogens is 3. The third-order valence-electron chi connectivity index (χ3n) is 7.18. The molecule has 0 radical (unpaired) electrons. The zero-order valence-corrected chi connectivity index (χ0v) is 18.2. The predicted octanol–water partition coefficient (Wildman–Crippen LogP) is 1.34. The van der Waals surface area contributed by atoms with Gasteiger partial charge >= 0.3 is 0 Å². The number of thioether (sulfide) groups is 1. The Hall–Kier alpha value is -1.87. The number of morpholine rings is 1.